The van der Waals surface area contributed by atoms with Crippen molar-refractivity contribution in [1.82, 2.24) is 15.1 Å². The van der Waals surface area contributed by atoms with Gasteiger partial charge in [-0.2, -0.15) is 0 Å². The summed E-state index contributed by atoms with van der Waals surface area (Å²) in [6.07, 6.45) is 2.22. The number of carbonyl (C=O) groups is 2. The highest BCUT2D eigenvalue weighted by Gasteiger charge is 2.44. The Morgan fingerprint density at radius 2 is 1.65 bits per heavy atom. The number of rotatable bonds is 8. The van der Waals surface area contributed by atoms with Gasteiger partial charge in [-0.1, -0.05) is 30.3 Å². The zero-order valence-electron chi connectivity index (χ0n) is 17.6. The third-order valence-corrected chi connectivity index (χ3v) is 6.13. The van der Waals surface area contributed by atoms with Crippen LogP contribution < -0.4 is 10.1 Å². The lowest BCUT2D eigenvalue weighted by molar-refractivity contribution is -0.135. The van der Waals surface area contributed by atoms with Crippen molar-refractivity contribution in [2.24, 2.45) is 0 Å². The third kappa shape index (κ3) is 5.61. The van der Waals surface area contributed by atoms with Crippen LogP contribution in [-0.2, 0) is 15.0 Å². The molecule has 164 valence electrons. The molecule has 0 aromatic heterocycles. The summed E-state index contributed by atoms with van der Waals surface area (Å²) in [5.74, 6) is 0.0498. The molecule has 7 heteroatoms. The first-order valence-electron chi connectivity index (χ1n) is 10.7. The summed E-state index contributed by atoms with van der Waals surface area (Å²) in [6.45, 7) is 3.38. The first-order valence-corrected chi connectivity index (χ1v) is 10.7. The fourth-order valence-corrected chi connectivity index (χ4v) is 3.96. The van der Waals surface area contributed by atoms with Gasteiger partial charge in [0, 0.05) is 38.1 Å². The molecule has 1 N–H and O–H groups in total. The third-order valence-electron chi connectivity index (χ3n) is 6.13. The fourth-order valence-electron chi connectivity index (χ4n) is 3.96. The molecular formula is C24H28FN3O3. The lowest BCUT2D eigenvalue weighted by Crippen LogP contribution is -2.52. The van der Waals surface area contributed by atoms with E-state index in [1.165, 1.54) is 29.8 Å². The molecule has 0 radical (unpaired) electrons. The van der Waals surface area contributed by atoms with Crippen LogP contribution in [0.25, 0.3) is 0 Å². The molecule has 1 saturated heterocycles. The van der Waals surface area contributed by atoms with Crippen molar-refractivity contribution in [3.05, 3.63) is 66.0 Å². The van der Waals surface area contributed by atoms with E-state index in [-0.39, 0.29) is 29.7 Å². The van der Waals surface area contributed by atoms with Gasteiger partial charge in [0.15, 0.2) is 6.61 Å². The molecule has 2 aliphatic rings. The van der Waals surface area contributed by atoms with E-state index in [0.29, 0.717) is 45.0 Å². The molecule has 0 spiro atoms. The average Bonchev–Trinajstić information content (AvgIpc) is 3.60. The topological polar surface area (TPSA) is 61.9 Å². The molecule has 2 aromatic carbocycles. The number of hydrogen-bond acceptors (Lipinski definition) is 4. The number of nitrogens with zero attached hydrogens (tertiary/aromatic N) is 2. The number of halogens is 1. The summed E-state index contributed by atoms with van der Waals surface area (Å²) in [7, 11) is 0. The molecule has 0 unspecified atom stereocenters. The maximum atomic E-state index is 12.9. The molecule has 31 heavy (non-hydrogen) atoms. The number of amides is 2. The van der Waals surface area contributed by atoms with Crippen LogP contribution in [0.15, 0.2) is 54.6 Å². The minimum Gasteiger partial charge on any atom is -0.484 e. The summed E-state index contributed by atoms with van der Waals surface area (Å²) in [5, 5.41) is 3.10. The van der Waals surface area contributed by atoms with Crippen LogP contribution in [0.4, 0.5) is 4.39 Å². The molecule has 0 atom stereocenters. The molecule has 1 saturated carbocycles. The molecule has 2 aromatic rings. The monoisotopic (exact) mass is 425 g/mol. The molecule has 2 fully saturated rings. The number of piperazine rings is 1. The largest absolute Gasteiger partial charge is 0.484 e. The number of carbonyl (C=O) groups excluding carboxylic acids is 2. The Labute approximate surface area is 182 Å². The predicted octanol–water partition coefficient (Wildman–Crippen LogP) is 2.20. The van der Waals surface area contributed by atoms with Gasteiger partial charge >= 0.3 is 0 Å². The van der Waals surface area contributed by atoms with Gasteiger partial charge in [-0.3, -0.25) is 14.5 Å². The highest BCUT2D eigenvalue weighted by Crippen LogP contribution is 2.47. The van der Waals surface area contributed by atoms with Crippen molar-refractivity contribution in [1.29, 1.82) is 0 Å². The van der Waals surface area contributed by atoms with Crippen LogP contribution in [0.1, 0.15) is 18.4 Å². The molecule has 1 heterocycles. The molecule has 4 rings (SSSR count). The SMILES string of the molecule is O=C(CN1CCN(C(=O)COc2ccc(F)cc2)CC1)NCC1(c2ccccc2)CC1. The van der Waals surface area contributed by atoms with E-state index >= 15 is 0 Å². The fraction of sp³-hybridized carbons (Fsp3) is 0.417. The molecule has 1 aliphatic carbocycles. The van der Waals surface area contributed by atoms with E-state index in [1.54, 1.807) is 4.90 Å². The second-order valence-electron chi connectivity index (χ2n) is 8.32. The molecule has 0 bridgehead atoms. The van der Waals surface area contributed by atoms with Crippen molar-refractivity contribution in [3.8, 4) is 5.75 Å². The van der Waals surface area contributed by atoms with Gasteiger partial charge in [0.05, 0.1) is 6.54 Å². The summed E-state index contributed by atoms with van der Waals surface area (Å²) in [5.41, 5.74) is 1.40. The van der Waals surface area contributed by atoms with Crippen LogP contribution in [0.5, 0.6) is 5.75 Å². The van der Waals surface area contributed by atoms with Crippen molar-refractivity contribution in [2.75, 3.05) is 45.9 Å². The van der Waals surface area contributed by atoms with Gasteiger partial charge in [0.25, 0.3) is 5.91 Å². The van der Waals surface area contributed by atoms with Gasteiger partial charge in [0.1, 0.15) is 11.6 Å². The van der Waals surface area contributed by atoms with Gasteiger partial charge in [-0.25, -0.2) is 4.39 Å². The second-order valence-corrected chi connectivity index (χ2v) is 8.32. The van der Waals surface area contributed by atoms with Crippen LogP contribution >= 0.6 is 0 Å². The maximum Gasteiger partial charge on any atom is 0.260 e. The predicted molar refractivity (Wildman–Crippen MR) is 115 cm³/mol. The minimum absolute atomic E-state index is 0.0293. The van der Waals surface area contributed by atoms with E-state index < -0.39 is 0 Å². The molecule has 6 nitrogen and oxygen atoms in total. The first kappa shape index (κ1) is 21.3. The van der Waals surface area contributed by atoms with Crippen molar-refractivity contribution in [2.45, 2.75) is 18.3 Å². The smallest absolute Gasteiger partial charge is 0.260 e. The normalized spacial score (nSPS) is 17.8. The Bertz CT molecular complexity index is 892. The van der Waals surface area contributed by atoms with Crippen LogP contribution in [0.3, 0.4) is 0 Å². The van der Waals surface area contributed by atoms with E-state index in [2.05, 4.69) is 22.3 Å². The van der Waals surface area contributed by atoms with E-state index in [1.807, 2.05) is 18.2 Å². The number of benzene rings is 2. The quantitative estimate of drug-likeness (QED) is 0.705. The van der Waals surface area contributed by atoms with Crippen molar-refractivity contribution >= 4 is 11.8 Å². The maximum absolute atomic E-state index is 12.9. The van der Waals surface area contributed by atoms with Crippen LogP contribution in [-0.4, -0.2) is 67.5 Å². The van der Waals surface area contributed by atoms with Crippen molar-refractivity contribution < 1.29 is 18.7 Å². The van der Waals surface area contributed by atoms with Crippen LogP contribution in [0, 0.1) is 5.82 Å². The molecular weight excluding hydrogens is 397 g/mol. The Balaban J connectivity index is 1.16. The van der Waals surface area contributed by atoms with Crippen molar-refractivity contribution in [3.63, 3.8) is 0 Å². The highest BCUT2D eigenvalue weighted by molar-refractivity contribution is 5.79. The Morgan fingerprint density at radius 3 is 2.29 bits per heavy atom. The number of hydrogen-bond donors (Lipinski definition) is 1. The molecule has 2 amide bonds. The van der Waals surface area contributed by atoms with Gasteiger partial charge in [-0.15, -0.1) is 0 Å². The Kier molecular flexibility index (Phi) is 6.51. The lowest BCUT2D eigenvalue weighted by Gasteiger charge is -2.34. The standard InChI is InChI=1S/C24H28FN3O3/c25-20-6-8-21(9-7-20)31-17-23(30)28-14-12-27(13-15-28)16-22(29)26-18-24(10-11-24)19-4-2-1-3-5-19/h1-9H,10-18H2,(H,26,29). The summed E-state index contributed by atoms with van der Waals surface area (Å²) < 4.78 is 18.4. The Hall–Kier alpha value is -2.93. The number of ether oxygens (including phenoxy) is 1. The van der Waals surface area contributed by atoms with E-state index in [4.69, 9.17) is 4.74 Å². The van der Waals surface area contributed by atoms with Gasteiger partial charge < -0.3 is 15.0 Å². The number of nitrogens with one attached hydrogen (secondary N) is 1. The van der Waals surface area contributed by atoms with Crippen LogP contribution in [0.2, 0.25) is 0 Å². The summed E-state index contributed by atoms with van der Waals surface area (Å²) in [6, 6.07) is 16.0. The summed E-state index contributed by atoms with van der Waals surface area (Å²) in [4.78, 5) is 28.6. The zero-order chi connectivity index (χ0) is 21.7. The van der Waals surface area contributed by atoms with Gasteiger partial charge in [-0.05, 0) is 42.7 Å². The summed E-state index contributed by atoms with van der Waals surface area (Å²) >= 11 is 0. The second kappa shape index (κ2) is 9.47. The van der Waals surface area contributed by atoms with Gasteiger partial charge in [0.2, 0.25) is 5.91 Å². The minimum atomic E-state index is -0.341. The highest BCUT2D eigenvalue weighted by atomic mass is 19.1. The molecule has 1 aliphatic heterocycles. The lowest BCUT2D eigenvalue weighted by atomic mass is 9.96. The van der Waals surface area contributed by atoms with E-state index in [0.717, 1.165) is 12.8 Å². The Morgan fingerprint density at radius 1 is 0.968 bits per heavy atom. The van der Waals surface area contributed by atoms with E-state index in [9.17, 15) is 14.0 Å². The average molecular weight is 426 g/mol. The zero-order valence-corrected chi connectivity index (χ0v) is 17.6. The first-order chi connectivity index (χ1) is 15.0.